The van der Waals surface area contributed by atoms with E-state index >= 15 is 0 Å². The molecule has 5 heteroatoms. The van der Waals surface area contributed by atoms with Gasteiger partial charge in [0.15, 0.2) is 0 Å². The molecule has 1 unspecified atom stereocenters. The topological polar surface area (TPSA) is 38.2 Å². The van der Waals surface area contributed by atoms with Crippen LogP contribution in [0.3, 0.4) is 0 Å². The van der Waals surface area contributed by atoms with Gasteiger partial charge in [0.2, 0.25) is 0 Å². The van der Waals surface area contributed by atoms with E-state index in [-0.39, 0.29) is 6.04 Å². The lowest BCUT2D eigenvalue weighted by Crippen LogP contribution is -2.28. The van der Waals surface area contributed by atoms with E-state index < -0.39 is 0 Å². The van der Waals surface area contributed by atoms with Crippen molar-refractivity contribution in [3.8, 4) is 0 Å². The number of aromatic nitrogens is 2. The first-order valence-electron chi connectivity index (χ1n) is 6.22. The van der Waals surface area contributed by atoms with E-state index in [0.717, 1.165) is 22.9 Å². The van der Waals surface area contributed by atoms with Crippen LogP contribution < -0.4 is 0 Å². The molecule has 0 fully saturated rings. The molecule has 2 aromatic heterocycles. The largest absolute Gasteiger partial charge is 0.383 e. The van der Waals surface area contributed by atoms with Gasteiger partial charge in [0.1, 0.15) is 5.01 Å². The molecule has 0 saturated heterocycles. The van der Waals surface area contributed by atoms with Crippen molar-refractivity contribution in [3.05, 3.63) is 46.2 Å². The molecule has 102 valence electrons. The number of rotatable bonds is 6. The summed E-state index contributed by atoms with van der Waals surface area (Å²) in [6.45, 7) is 3.45. The maximum absolute atomic E-state index is 5.32. The van der Waals surface area contributed by atoms with Gasteiger partial charge in [-0.05, 0) is 26.1 Å². The second-order valence-electron chi connectivity index (χ2n) is 4.52. The van der Waals surface area contributed by atoms with Crippen LogP contribution in [0, 0.1) is 6.92 Å². The number of nitrogens with zero attached hydrogens (tertiary/aromatic N) is 3. The van der Waals surface area contributed by atoms with Crippen molar-refractivity contribution < 1.29 is 4.74 Å². The van der Waals surface area contributed by atoms with Crippen molar-refractivity contribution in [2.24, 2.45) is 0 Å². The maximum Gasteiger partial charge on any atom is 0.107 e. The molecule has 0 aliphatic carbocycles. The molecular formula is C14H19N3OS. The Labute approximate surface area is 118 Å². The van der Waals surface area contributed by atoms with E-state index in [4.69, 9.17) is 4.74 Å². The molecule has 0 amide bonds. The van der Waals surface area contributed by atoms with E-state index in [1.807, 2.05) is 31.3 Å². The Morgan fingerprint density at radius 1 is 1.42 bits per heavy atom. The van der Waals surface area contributed by atoms with Crippen molar-refractivity contribution in [2.45, 2.75) is 19.5 Å². The lowest BCUT2D eigenvalue weighted by Gasteiger charge is -2.26. The third-order valence-corrected chi connectivity index (χ3v) is 3.89. The van der Waals surface area contributed by atoms with Crippen molar-refractivity contribution in [1.29, 1.82) is 0 Å². The minimum Gasteiger partial charge on any atom is -0.383 e. The minimum absolute atomic E-state index is 0.149. The Morgan fingerprint density at radius 3 is 2.84 bits per heavy atom. The Bertz CT molecular complexity index is 500. The fraction of sp³-hybridized carbons (Fsp3) is 0.429. The van der Waals surface area contributed by atoms with Gasteiger partial charge in [-0.15, -0.1) is 11.3 Å². The van der Waals surface area contributed by atoms with Crippen molar-refractivity contribution in [1.82, 2.24) is 14.9 Å². The molecule has 2 heterocycles. The van der Waals surface area contributed by atoms with Crippen LogP contribution in [0.2, 0.25) is 0 Å². The van der Waals surface area contributed by atoms with Crippen molar-refractivity contribution in [3.63, 3.8) is 0 Å². The van der Waals surface area contributed by atoms with Gasteiger partial charge in [-0.1, -0.05) is 6.07 Å². The highest BCUT2D eigenvalue weighted by atomic mass is 32.1. The molecule has 0 aliphatic rings. The first-order valence-corrected chi connectivity index (χ1v) is 7.09. The van der Waals surface area contributed by atoms with Crippen LogP contribution in [0.1, 0.15) is 22.4 Å². The molecule has 0 aromatic carbocycles. The first-order chi connectivity index (χ1) is 9.20. The molecule has 0 saturated carbocycles. The minimum atomic E-state index is 0.149. The summed E-state index contributed by atoms with van der Waals surface area (Å²) in [5.41, 5.74) is 2.11. The SMILES string of the molecule is COCC(c1ccccn1)N(C)Cc1nc(C)cs1. The van der Waals surface area contributed by atoms with Crippen LogP contribution in [-0.2, 0) is 11.3 Å². The zero-order chi connectivity index (χ0) is 13.7. The first kappa shape index (κ1) is 14.1. The number of methoxy groups -OCH3 is 1. The summed E-state index contributed by atoms with van der Waals surface area (Å²) in [5.74, 6) is 0. The molecule has 1 atom stereocenters. The lowest BCUT2D eigenvalue weighted by molar-refractivity contribution is 0.0999. The van der Waals surface area contributed by atoms with E-state index in [0.29, 0.717) is 6.61 Å². The molecule has 0 N–H and O–H groups in total. The highest BCUT2D eigenvalue weighted by Crippen LogP contribution is 2.21. The fourth-order valence-electron chi connectivity index (χ4n) is 1.97. The molecule has 2 aromatic rings. The average molecular weight is 277 g/mol. The maximum atomic E-state index is 5.32. The van der Waals surface area contributed by atoms with Crippen LogP contribution >= 0.6 is 11.3 Å². The predicted octanol–water partition coefficient (Wildman–Crippen LogP) is 2.67. The third kappa shape index (κ3) is 3.83. The van der Waals surface area contributed by atoms with E-state index in [9.17, 15) is 0 Å². The molecule has 0 spiro atoms. The van der Waals surface area contributed by atoms with Crippen LogP contribution in [0.5, 0.6) is 0 Å². The molecule has 4 nitrogen and oxygen atoms in total. The monoisotopic (exact) mass is 277 g/mol. The Morgan fingerprint density at radius 2 is 2.26 bits per heavy atom. The fourth-order valence-corrected chi connectivity index (χ4v) is 2.80. The number of ether oxygens (including phenoxy) is 1. The smallest absolute Gasteiger partial charge is 0.107 e. The molecule has 0 bridgehead atoms. The van der Waals surface area contributed by atoms with Gasteiger partial charge in [-0.25, -0.2) is 4.98 Å². The second-order valence-corrected chi connectivity index (χ2v) is 5.47. The van der Waals surface area contributed by atoms with Crippen LogP contribution in [-0.4, -0.2) is 35.6 Å². The third-order valence-electron chi connectivity index (χ3n) is 2.94. The standard InChI is InChI=1S/C14H19N3OS/c1-11-10-19-14(16-11)8-17(2)13(9-18-3)12-6-4-5-7-15-12/h4-7,10,13H,8-9H2,1-3H3. The Kier molecular flexibility index (Phi) is 5.01. The second kappa shape index (κ2) is 6.75. The normalized spacial score (nSPS) is 12.8. The number of hydrogen-bond acceptors (Lipinski definition) is 5. The van der Waals surface area contributed by atoms with Gasteiger partial charge in [-0.3, -0.25) is 9.88 Å². The Hall–Kier alpha value is -1.30. The Balaban J connectivity index is 2.10. The predicted molar refractivity (Wildman–Crippen MR) is 77.2 cm³/mol. The highest BCUT2D eigenvalue weighted by Gasteiger charge is 2.19. The van der Waals surface area contributed by atoms with Crippen molar-refractivity contribution >= 4 is 11.3 Å². The number of likely N-dealkylation sites (N-methyl/N-ethyl adjacent to an activating group) is 1. The summed E-state index contributed by atoms with van der Waals surface area (Å²) >= 11 is 1.69. The molecule has 0 radical (unpaired) electrons. The van der Waals surface area contributed by atoms with Gasteiger partial charge in [0, 0.05) is 24.4 Å². The summed E-state index contributed by atoms with van der Waals surface area (Å²) in [6.07, 6.45) is 1.82. The zero-order valence-corrected chi connectivity index (χ0v) is 12.4. The number of pyridine rings is 1. The summed E-state index contributed by atoms with van der Waals surface area (Å²) in [5, 5.41) is 3.20. The summed E-state index contributed by atoms with van der Waals surface area (Å²) in [7, 11) is 3.80. The number of thiazole rings is 1. The van der Waals surface area contributed by atoms with Gasteiger partial charge < -0.3 is 4.74 Å². The molecule has 19 heavy (non-hydrogen) atoms. The van der Waals surface area contributed by atoms with Crippen molar-refractivity contribution in [2.75, 3.05) is 20.8 Å². The number of aryl methyl sites for hydroxylation is 1. The van der Waals surface area contributed by atoms with Gasteiger partial charge in [-0.2, -0.15) is 0 Å². The summed E-state index contributed by atoms with van der Waals surface area (Å²) < 4.78 is 5.32. The molecular weight excluding hydrogens is 258 g/mol. The zero-order valence-electron chi connectivity index (χ0n) is 11.5. The van der Waals surface area contributed by atoms with Crippen LogP contribution in [0.25, 0.3) is 0 Å². The van der Waals surface area contributed by atoms with Gasteiger partial charge in [0.25, 0.3) is 0 Å². The van der Waals surface area contributed by atoms with E-state index in [2.05, 4.69) is 27.3 Å². The van der Waals surface area contributed by atoms with Gasteiger partial charge >= 0.3 is 0 Å². The highest BCUT2D eigenvalue weighted by molar-refractivity contribution is 7.09. The quantitative estimate of drug-likeness (QED) is 0.813. The van der Waals surface area contributed by atoms with E-state index in [1.54, 1.807) is 18.4 Å². The molecule has 2 rings (SSSR count). The van der Waals surface area contributed by atoms with Crippen LogP contribution in [0.4, 0.5) is 0 Å². The number of hydrogen-bond donors (Lipinski definition) is 0. The lowest BCUT2D eigenvalue weighted by atomic mass is 10.2. The van der Waals surface area contributed by atoms with Crippen LogP contribution in [0.15, 0.2) is 29.8 Å². The van der Waals surface area contributed by atoms with E-state index in [1.165, 1.54) is 0 Å². The summed E-state index contributed by atoms with van der Waals surface area (Å²) in [4.78, 5) is 11.2. The molecule has 0 aliphatic heterocycles. The average Bonchev–Trinajstić information content (AvgIpc) is 2.82. The summed E-state index contributed by atoms with van der Waals surface area (Å²) in [6, 6.07) is 6.12. The van der Waals surface area contributed by atoms with Gasteiger partial charge in [0.05, 0.1) is 24.9 Å².